The van der Waals surface area contributed by atoms with Gasteiger partial charge in [0.25, 0.3) is 0 Å². The zero-order valence-electron chi connectivity index (χ0n) is 10.7. The van der Waals surface area contributed by atoms with Gasteiger partial charge in [-0.15, -0.1) is 6.58 Å². The van der Waals surface area contributed by atoms with Crippen molar-refractivity contribution in [3.8, 4) is 0 Å². The molecule has 19 heavy (non-hydrogen) atoms. The van der Waals surface area contributed by atoms with Crippen molar-refractivity contribution in [1.29, 1.82) is 0 Å². The maximum atomic E-state index is 4.03. The minimum atomic E-state index is 0.222. The van der Waals surface area contributed by atoms with Gasteiger partial charge in [0.2, 0.25) is 0 Å². The van der Waals surface area contributed by atoms with Crippen molar-refractivity contribution in [2.75, 3.05) is 11.4 Å². The molecular weight excluding hydrogens is 298 g/mol. The first-order valence-corrected chi connectivity index (χ1v) is 7.32. The van der Waals surface area contributed by atoms with Crippen molar-refractivity contribution in [2.24, 2.45) is 0 Å². The third kappa shape index (κ3) is 2.21. The SMILES string of the molecule is C=CC(c1ccccc1Br)N1CCc2ccccc21. The van der Waals surface area contributed by atoms with Crippen LogP contribution in [0, 0.1) is 0 Å². The summed E-state index contributed by atoms with van der Waals surface area (Å²) in [4.78, 5) is 2.43. The molecule has 3 rings (SSSR count). The second-order valence-corrected chi connectivity index (χ2v) is 5.63. The maximum absolute atomic E-state index is 4.03. The number of hydrogen-bond acceptors (Lipinski definition) is 1. The molecule has 0 aliphatic carbocycles. The normalized spacial score (nSPS) is 15.1. The molecule has 0 fully saturated rings. The molecule has 0 bridgehead atoms. The van der Waals surface area contributed by atoms with Gasteiger partial charge >= 0.3 is 0 Å². The van der Waals surface area contributed by atoms with Crippen LogP contribution in [0.3, 0.4) is 0 Å². The van der Waals surface area contributed by atoms with Crippen LogP contribution in [-0.4, -0.2) is 6.54 Å². The summed E-state index contributed by atoms with van der Waals surface area (Å²) in [6.07, 6.45) is 3.15. The molecule has 0 aromatic heterocycles. The Balaban J connectivity index is 2.02. The highest BCUT2D eigenvalue weighted by atomic mass is 79.9. The number of para-hydroxylation sites is 1. The predicted octanol–water partition coefficient (Wildman–Crippen LogP) is 4.74. The lowest BCUT2D eigenvalue weighted by molar-refractivity contribution is 0.752. The van der Waals surface area contributed by atoms with E-state index in [1.54, 1.807) is 0 Å². The molecule has 0 saturated heterocycles. The van der Waals surface area contributed by atoms with Gasteiger partial charge in [-0.25, -0.2) is 0 Å². The number of benzene rings is 2. The fourth-order valence-electron chi connectivity index (χ4n) is 2.79. The van der Waals surface area contributed by atoms with Crippen molar-refractivity contribution in [3.05, 3.63) is 76.8 Å². The van der Waals surface area contributed by atoms with E-state index in [4.69, 9.17) is 0 Å². The average Bonchev–Trinajstić information content (AvgIpc) is 2.86. The van der Waals surface area contributed by atoms with Crippen LogP contribution in [0.1, 0.15) is 17.2 Å². The van der Waals surface area contributed by atoms with Crippen LogP contribution in [0.15, 0.2) is 65.7 Å². The van der Waals surface area contributed by atoms with Crippen LogP contribution in [0.4, 0.5) is 5.69 Å². The fraction of sp³-hybridized carbons (Fsp3) is 0.176. The zero-order chi connectivity index (χ0) is 13.2. The smallest absolute Gasteiger partial charge is 0.0735 e. The van der Waals surface area contributed by atoms with Crippen LogP contribution < -0.4 is 4.90 Å². The highest BCUT2D eigenvalue weighted by molar-refractivity contribution is 9.10. The molecule has 0 saturated carbocycles. The van der Waals surface area contributed by atoms with E-state index in [0.29, 0.717) is 0 Å². The maximum Gasteiger partial charge on any atom is 0.0735 e. The molecule has 1 heterocycles. The Kier molecular flexibility index (Phi) is 3.43. The number of nitrogens with zero attached hydrogens (tertiary/aromatic N) is 1. The number of halogens is 1. The predicted molar refractivity (Wildman–Crippen MR) is 84.6 cm³/mol. The summed E-state index contributed by atoms with van der Waals surface area (Å²) in [5, 5.41) is 0. The molecule has 2 aromatic carbocycles. The van der Waals surface area contributed by atoms with Gasteiger partial charge in [0.15, 0.2) is 0 Å². The minimum absolute atomic E-state index is 0.222. The van der Waals surface area contributed by atoms with Gasteiger partial charge in [0.1, 0.15) is 0 Å². The van der Waals surface area contributed by atoms with Crippen LogP contribution in [0.25, 0.3) is 0 Å². The lowest BCUT2D eigenvalue weighted by atomic mass is 10.1. The molecule has 1 unspecified atom stereocenters. The Bertz CT molecular complexity index is 606. The quantitative estimate of drug-likeness (QED) is 0.740. The molecule has 1 aliphatic heterocycles. The number of fused-ring (bicyclic) bond motifs is 1. The van der Waals surface area contributed by atoms with E-state index in [1.165, 1.54) is 16.8 Å². The lowest BCUT2D eigenvalue weighted by Crippen LogP contribution is -2.25. The number of anilines is 1. The summed E-state index contributed by atoms with van der Waals surface area (Å²) in [6, 6.07) is 17.3. The summed E-state index contributed by atoms with van der Waals surface area (Å²) in [5.74, 6) is 0. The molecule has 1 atom stereocenters. The average molecular weight is 314 g/mol. The first-order valence-electron chi connectivity index (χ1n) is 6.53. The molecule has 0 N–H and O–H groups in total. The van der Waals surface area contributed by atoms with Crippen LogP contribution in [0.2, 0.25) is 0 Å². The Hall–Kier alpha value is -1.54. The van der Waals surface area contributed by atoms with Crippen molar-refractivity contribution < 1.29 is 0 Å². The molecule has 96 valence electrons. The second kappa shape index (κ2) is 5.22. The summed E-state index contributed by atoms with van der Waals surface area (Å²) in [5.41, 5.74) is 4.04. The summed E-state index contributed by atoms with van der Waals surface area (Å²) in [6.45, 7) is 5.09. The van der Waals surface area contributed by atoms with Crippen molar-refractivity contribution in [1.82, 2.24) is 0 Å². The summed E-state index contributed by atoms with van der Waals surface area (Å²) >= 11 is 3.65. The molecule has 2 heteroatoms. The van der Waals surface area contributed by atoms with E-state index in [9.17, 15) is 0 Å². The third-order valence-electron chi connectivity index (χ3n) is 3.71. The third-order valence-corrected chi connectivity index (χ3v) is 4.43. The number of rotatable bonds is 3. The van der Waals surface area contributed by atoms with Crippen LogP contribution in [0.5, 0.6) is 0 Å². The number of hydrogen-bond donors (Lipinski definition) is 0. The van der Waals surface area contributed by atoms with Crippen molar-refractivity contribution >= 4 is 21.6 Å². The molecule has 0 amide bonds. The standard InChI is InChI=1S/C17H16BrN/c1-2-16(14-8-4-5-9-15(14)18)19-12-11-13-7-3-6-10-17(13)19/h2-10,16H,1,11-12H2. The molecule has 2 aromatic rings. The van der Waals surface area contributed by atoms with Gasteiger partial charge in [-0.1, -0.05) is 58.4 Å². The van der Waals surface area contributed by atoms with Gasteiger partial charge < -0.3 is 4.90 Å². The lowest BCUT2D eigenvalue weighted by Gasteiger charge is -2.29. The Morgan fingerprint density at radius 1 is 1.11 bits per heavy atom. The van der Waals surface area contributed by atoms with Gasteiger partial charge in [-0.05, 0) is 29.7 Å². The first kappa shape index (κ1) is 12.5. The Labute approximate surface area is 122 Å². The monoisotopic (exact) mass is 313 g/mol. The summed E-state index contributed by atoms with van der Waals surface area (Å²) in [7, 11) is 0. The van der Waals surface area contributed by atoms with Gasteiger partial charge in [-0.2, -0.15) is 0 Å². The highest BCUT2D eigenvalue weighted by Crippen LogP contribution is 2.37. The minimum Gasteiger partial charge on any atom is -0.360 e. The van der Waals surface area contributed by atoms with Crippen molar-refractivity contribution in [3.63, 3.8) is 0 Å². The van der Waals surface area contributed by atoms with Gasteiger partial charge in [0, 0.05) is 16.7 Å². The Morgan fingerprint density at radius 2 is 1.84 bits per heavy atom. The molecule has 1 nitrogen and oxygen atoms in total. The highest BCUT2D eigenvalue weighted by Gasteiger charge is 2.25. The van der Waals surface area contributed by atoms with E-state index in [0.717, 1.165) is 17.4 Å². The zero-order valence-corrected chi connectivity index (χ0v) is 12.3. The van der Waals surface area contributed by atoms with Crippen molar-refractivity contribution in [2.45, 2.75) is 12.5 Å². The van der Waals surface area contributed by atoms with E-state index in [1.807, 2.05) is 12.1 Å². The molecule has 0 radical (unpaired) electrons. The molecule has 0 spiro atoms. The molecular formula is C17H16BrN. The second-order valence-electron chi connectivity index (χ2n) is 4.77. The van der Waals surface area contributed by atoms with E-state index >= 15 is 0 Å². The summed E-state index contributed by atoms with van der Waals surface area (Å²) < 4.78 is 1.14. The Morgan fingerprint density at radius 3 is 2.63 bits per heavy atom. The largest absolute Gasteiger partial charge is 0.360 e. The van der Waals surface area contributed by atoms with Gasteiger partial charge in [0.05, 0.1) is 6.04 Å². The van der Waals surface area contributed by atoms with E-state index in [-0.39, 0.29) is 6.04 Å². The first-order chi connectivity index (χ1) is 9.31. The van der Waals surface area contributed by atoms with E-state index in [2.05, 4.69) is 69.9 Å². The fourth-order valence-corrected chi connectivity index (χ4v) is 3.31. The van der Waals surface area contributed by atoms with Crippen LogP contribution >= 0.6 is 15.9 Å². The van der Waals surface area contributed by atoms with Crippen LogP contribution in [-0.2, 0) is 6.42 Å². The molecule has 1 aliphatic rings. The van der Waals surface area contributed by atoms with Gasteiger partial charge in [-0.3, -0.25) is 0 Å². The van der Waals surface area contributed by atoms with E-state index < -0.39 is 0 Å². The topological polar surface area (TPSA) is 3.24 Å².